The first kappa shape index (κ1) is 13.5. The minimum Gasteiger partial charge on any atom is -0.353 e. The van der Waals surface area contributed by atoms with E-state index in [9.17, 15) is 4.79 Å². The molecule has 2 nitrogen and oxygen atoms in total. The normalized spacial score (nSPS) is 15.9. The van der Waals surface area contributed by atoms with Gasteiger partial charge in [-0.15, -0.1) is 11.8 Å². The fourth-order valence-corrected chi connectivity index (χ4v) is 3.26. The molecule has 0 atom stereocenters. The third-order valence-electron chi connectivity index (χ3n) is 3.41. The highest BCUT2D eigenvalue weighted by Crippen LogP contribution is 2.23. The SMILES string of the molecule is Cc1ccc(SCC(=O)NC2CCCC2)c(C)c1. The van der Waals surface area contributed by atoms with E-state index in [4.69, 9.17) is 0 Å². The molecule has 0 saturated heterocycles. The van der Waals surface area contributed by atoms with Crippen molar-refractivity contribution in [3.8, 4) is 0 Å². The van der Waals surface area contributed by atoms with E-state index in [2.05, 4.69) is 37.4 Å². The maximum absolute atomic E-state index is 11.8. The highest BCUT2D eigenvalue weighted by atomic mass is 32.2. The Bertz CT molecular complexity index is 425. The Balaban J connectivity index is 1.81. The maximum Gasteiger partial charge on any atom is 0.230 e. The number of nitrogens with one attached hydrogen (secondary N) is 1. The lowest BCUT2D eigenvalue weighted by atomic mass is 10.2. The highest BCUT2D eigenvalue weighted by Gasteiger charge is 2.17. The van der Waals surface area contributed by atoms with Crippen molar-refractivity contribution in [2.45, 2.75) is 50.5 Å². The zero-order chi connectivity index (χ0) is 13.0. The van der Waals surface area contributed by atoms with E-state index in [1.807, 2.05) is 0 Å². The first-order chi connectivity index (χ1) is 8.65. The van der Waals surface area contributed by atoms with Crippen molar-refractivity contribution >= 4 is 17.7 Å². The topological polar surface area (TPSA) is 29.1 Å². The summed E-state index contributed by atoms with van der Waals surface area (Å²) in [5, 5.41) is 3.12. The van der Waals surface area contributed by atoms with E-state index in [1.54, 1.807) is 11.8 Å². The number of rotatable bonds is 4. The van der Waals surface area contributed by atoms with Crippen molar-refractivity contribution in [1.29, 1.82) is 0 Å². The molecule has 0 heterocycles. The molecular weight excluding hydrogens is 242 g/mol. The van der Waals surface area contributed by atoms with Gasteiger partial charge in [-0.05, 0) is 38.3 Å². The van der Waals surface area contributed by atoms with E-state index >= 15 is 0 Å². The summed E-state index contributed by atoms with van der Waals surface area (Å²) in [4.78, 5) is 13.0. The number of benzene rings is 1. The van der Waals surface area contributed by atoms with Gasteiger partial charge in [0.05, 0.1) is 5.75 Å². The molecule has 2 rings (SSSR count). The quantitative estimate of drug-likeness (QED) is 0.843. The molecule has 0 bridgehead atoms. The van der Waals surface area contributed by atoms with Crippen LogP contribution in [0.2, 0.25) is 0 Å². The molecule has 0 radical (unpaired) electrons. The first-order valence-electron chi connectivity index (χ1n) is 6.64. The zero-order valence-corrected chi connectivity index (χ0v) is 12.0. The molecule has 98 valence electrons. The second-order valence-corrected chi connectivity index (χ2v) is 6.12. The Morgan fingerprint density at radius 3 is 2.72 bits per heavy atom. The van der Waals surface area contributed by atoms with Crippen molar-refractivity contribution in [2.24, 2.45) is 0 Å². The molecule has 1 aliphatic rings. The molecule has 0 aromatic heterocycles. The van der Waals surface area contributed by atoms with Crippen LogP contribution in [0.25, 0.3) is 0 Å². The van der Waals surface area contributed by atoms with Crippen LogP contribution in [0.3, 0.4) is 0 Å². The smallest absolute Gasteiger partial charge is 0.230 e. The van der Waals surface area contributed by atoms with Gasteiger partial charge in [-0.25, -0.2) is 0 Å². The Morgan fingerprint density at radius 1 is 1.33 bits per heavy atom. The van der Waals surface area contributed by atoms with Gasteiger partial charge in [-0.2, -0.15) is 0 Å². The number of carbonyl (C=O) groups is 1. The standard InChI is InChI=1S/C15H21NOS/c1-11-7-8-14(12(2)9-11)18-10-15(17)16-13-5-3-4-6-13/h7-9,13H,3-6,10H2,1-2H3,(H,16,17). The predicted octanol–water partition coefficient (Wildman–Crippen LogP) is 3.45. The van der Waals surface area contributed by atoms with Crippen LogP contribution in [0.4, 0.5) is 0 Å². The fraction of sp³-hybridized carbons (Fsp3) is 0.533. The van der Waals surface area contributed by atoms with Crippen LogP contribution in [0.15, 0.2) is 23.1 Å². The lowest BCUT2D eigenvalue weighted by molar-refractivity contribution is -0.119. The van der Waals surface area contributed by atoms with Crippen molar-refractivity contribution < 1.29 is 4.79 Å². The molecule has 1 amide bonds. The first-order valence-corrected chi connectivity index (χ1v) is 7.63. The summed E-state index contributed by atoms with van der Waals surface area (Å²) in [6.07, 6.45) is 4.82. The van der Waals surface area contributed by atoms with Crippen LogP contribution in [0.1, 0.15) is 36.8 Å². The van der Waals surface area contributed by atoms with E-state index < -0.39 is 0 Å². The van der Waals surface area contributed by atoms with Crippen LogP contribution in [0.5, 0.6) is 0 Å². The van der Waals surface area contributed by atoms with Crippen LogP contribution < -0.4 is 5.32 Å². The number of amides is 1. The second kappa shape index (κ2) is 6.28. The summed E-state index contributed by atoms with van der Waals surface area (Å²) < 4.78 is 0. The predicted molar refractivity (Wildman–Crippen MR) is 77.0 cm³/mol. The van der Waals surface area contributed by atoms with Crippen LogP contribution >= 0.6 is 11.8 Å². The van der Waals surface area contributed by atoms with Gasteiger partial charge in [0.2, 0.25) is 5.91 Å². The second-order valence-electron chi connectivity index (χ2n) is 5.11. The molecule has 0 unspecified atom stereocenters. The van der Waals surface area contributed by atoms with Crippen molar-refractivity contribution in [1.82, 2.24) is 5.32 Å². The Morgan fingerprint density at radius 2 is 2.06 bits per heavy atom. The molecule has 1 fully saturated rings. The number of hydrogen-bond donors (Lipinski definition) is 1. The van der Waals surface area contributed by atoms with Crippen LogP contribution in [-0.2, 0) is 4.79 Å². The monoisotopic (exact) mass is 263 g/mol. The molecule has 1 N–H and O–H groups in total. The van der Waals surface area contributed by atoms with E-state index in [0.29, 0.717) is 11.8 Å². The van der Waals surface area contributed by atoms with Gasteiger partial charge in [-0.1, -0.05) is 30.5 Å². The van der Waals surface area contributed by atoms with Crippen LogP contribution in [0, 0.1) is 13.8 Å². The third-order valence-corrected chi connectivity index (χ3v) is 4.59. The van der Waals surface area contributed by atoms with Gasteiger partial charge in [-0.3, -0.25) is 4.79 Å². The molecule has 1 aliphatic carbocycles. The fourth-order valence-electron chi connectivity index (χ4n) is 2.44. The molecule has 0 spiro atoms. The summed E-state index contributed by atoms with van der Waals surface area (Å²) in [5.74, 6) is 0.701. The summed E-state index contributed by atoms with van der Waals surface area (Å²) in [6, 6.07) is 6.80. The third kappa shape index (κ3) is 3.77. The minimum atomic E-state index is 0.173. The Labute approximate surface area is 114 Å². The molecule has 1 aromatic rings. The van der Waals surface area contributed by atoms with Gasteiger partial charge < -0.3 is 5.32 Å². The van der Waals surface area contributed by atoms with Gasteiger partial charge in [0, 0.05) is 10.9 Å². The Kier molecular flexibility index (Phi) is 4.70. The number of carbonyl (C=O) groups excluding carboxylic acids is 1. The van der Waals surface area contributed by atoms with Crippen molar-refractivity contribution in [3.05, 3.63) is 29.3 Å². The largest absolute Gasteiger partial charge is 0.353 e. The molecule has 1 saturated carbocycles. The van der Waals surface area contributed by atoms with Gasteiger partial charge in [0.15, 0.2) is 0 Å². The average molecular weight is 263 g/mol. The summed E-state index contributed by atoms with van der Waals surface area (Å²) >= 11 is 1.64. The van der Waals surface area contributed by atoms with E-state index in [-0.39, 0.29) is 5.91 Å². The van der Waals surface area contributed by atoms with E-state index in [1.165, 1.54) is 28.9 Å². The highest BCUT2D eigenvalue weighted by molar-refractivity contribution is 8.00. The molecular formula is C15H21NOS. The van der Waals surface area contributed by atoms with Gasteiger partial charge in [0.25, 0.3) is 0 Å². The molecule has 18 heavy (non-hydrogen) atoms. The average Bonchev–Trinajstić information content (AvgIpc) is 2.80. The van der Waals surface area contributed by atoms with Crippen molar-refractivity contribution in [2.75, 3.05) is 5.75 Å². The summed E-state index contributed by atoms with van der Waals surface area (Å²) in [7, 11) is 0. The van der Waals surface area contributed by atoms with Gasteiger partial charge >= 0.3 is 0 Å². The summed E-state index contributed by atoms with van der Waals surface area (Å²) in [6.45, 7) is 4.19. The lowest BCUT2D eigenvalue weighted by Crippen LogP contribution is -2.33. The molecule has 3 heteroatoms. The number of aryl methyl sites for hydroxylation is 2. The number of hydrogen-bond acceptors (Lipinski definition) is 2. The van der Waals surface area contributed by atoms with Gasteiger partial charge in [0.1, 0.15) is 0 Å². The zero-order valence-electron chi connectivity index (χ0n) is 11.2. The summed E-state index contributed by atoms with van der Waals surface area (Å²) in [5.41, 5.74) is 2.53. The number of thioether (sulfide) groups is 1. The maximum atomic E-state index is 11.8. The minimum absolute atomic E-state index is 0.173. The van der Waals surface area contributed by atoms with Crippen molar-refractivity contribution in [3.63, 3.8) is 0 Å². The van der Waals surface area contributed by atoms with E-state index in [0.717, 1.165) is 12.8 Å². The molecule has 0 aliphatic heterocycles. The Hall–Kier alpha value is -0.960. The molecule has 1 aromatic carbocycles. The lowest BCUT2D eigenvalue weighted by Gasteiger charge is -2.12. The van der Waals surface area contributed by atoms with Crippen LogP contribution in [-0.4, -0.2) is 17.7 Å².